The van der Waals surface area contributed by atoms with E-state index in [9.17, 15) is 4.79 Å². The van der Waals surface area contributed by atoms with E-state index in [0.29, 0.717) is 25.3 Å². The molecule has 2 heterocycles. The van der Waals surface area contributed by atoms with Gasteiger partial charge in [0, 0.05) is 25.8 Å². The Labute approximate surface area is 147 Å². The monoisotopic (exact) mass is 337 g/mol. The van der Waals surface area contributed by atoms with Crippen molar-refractivity contribution in [2.24, 2.45) is 5.92 Å². The van der Waals surface area contributed by atoms with Crippen LogP contribution in [0.4, 0.5) is 0 Å². The lowest BCUT2D eigenvalue weighted by Gasteiger charge is -2.15. The molecule has 2 atom stereocenters. The minimum Gasteiger partial charge on any atom is -0.466 e. The van der Waals surface area contributed by atoms with Gasteiger partial charge in [0.15, 0.2) is 0 Å². The molecule has 1 fully saturated rings. The highest BCUT2D eigenvalue weighted by molar-refractivity contribution is 5.77. The third-order valence-corrected chi connectivity index (χ3v) is 4.99. The number of nitrogens with zero attached hydrogens (tertiary/aromatic N) is 2. The minimum atomic E-state index is 0.0956. The number of carbonyl (C=O) groups excluding carboxylic acids is 1. The Balaban J connectivity index is 1.31. The fourth-order valence-electron chi connectivity index (χ4n) is 3.26. The lowest BCUT2D eigenvalue weighted by atomic mass is 10.2. The summed E-state index contributed by atoms with van der Waals surface area (Å²) in [6.07, 6.45) is 2.31. The summed E-state index contributed by atoms with van der Waals surface area (Å²) in [6.45, 7) is 2.72. The van der Waals surface area contributed by atoms with Crippen LogP contribution in [0.25, 0.3) is 11.0 Å². The van der Waals surface area contributed by atoms with Crippen LogP contribution in [0.5, 0.6) is 0 Å². The molecule has 1 saturated carbocycles. The molecule has 0 saturated heterocycles. The van der Waals surface area contributed by atoms with Crippen LogP contribution >= 0.6 is 0 Å². The van der Waals surface area contributed by atoms with Gasteiger partial charge in [-0.2, -0.15) is 0 Å². The molecule has 1 amide bonds. The number of imidazole rings is 1. The molecule has 1 aliphatic rings. The van der Waals surface area contributed by atoms with E-state index in [0.717, 1.165) is 34.3 Å². The highest BCUT2D eigenvalue weighted by Crippen LogP contribution is 2.47. The summed E-state index contributed by atoms with van der Waals surface area (Å²) in [5, 5.41) is 0. The fourth-order valence-corrected chi connectivity index (χ4v) is 3.26. The molecule has 5 heteroatoms. The molecule has 130 valence electrons. The van der Waals surface area contributed by atoms with Crippen molar-refractivity contribution in [1.29, 1.82) is 0 Å². The molecule has 1 aromatic carbocycles. The summed E-state index contributed by atoms with van der Waals surface area (Å²) >= 11 is 0. The second-order valence-electron chi connectivity index (χ2n) is 7.07. The van der Waals surface area contributed by atoms with Crippen LogP contribution in [0.15, 0.2) is 40.8 Å². The summed E-state index contributed by atoms with van der Waals surface area (Å²) in [6, 6.07) is 12.0. The van der Waals surface area contributed by atoms with E-state index in [1.54, 1.807) is 4.90 Å². The average Bonchev–Trinajstić information content (AvgIpc) is 3.01. The zero-order chi connectivity index (χ0) is 17.4. The summed E-state index contributed by atoms with van der Waals surface area (Å²) in [5.74, 6) is 4.19. The Hall–Kier alpha value is -2.56. The zero-order valence-electron chi connectivity index (χ0n) is 14.7. The molecule has 0 unspecified atom stereocenters. The summed E-state index contributed by atoms with van der Waals surface area (Å²) in [4.78, 5) is 21.9. The molecule has 0 aliphatic heterocycles. The number of para-hydroxylation sites is 2. The molecule has 0 spiro atoms. The van der Waals surface area contributed by atoms with E-state index in [1.165, 1.54) is 6.42 Å². The lowest BCUT2D eigenvalue weighted by Crippen LogP contribution is -2.26. The molecule has 5 nitrogen and oxygen atoms in total. The minimum absolute atomic E-state index is 0.0956. The summed E-state index contributed by atoms with van der Waals surface area (Å²) < 4.78 is 5.88. The molecule has 1 aliphatic carbocycles. The fraction of sp³-hybridized carbons (Fsp3) is 0.400. The predicted molar refractivity (Wildman–Crippen MR) is 96.1 cm³/mol. The van der Waals surface area contributed by atoms with E-state index in [2.05, 4.69) is 23.0 Å². The van der Waals surface area contributed by atoms with E-state index in [-0.39, 0.29) is 5.91 Å². The van der Waals surface area contributed by atoms with Crippen molar-refractivity contribution >= 4 is 16.9 Å². The highest BCUT2D eigenvalue weighted by atomic mass is 16.3. The molecule has 25 heavy (non-hydrogen) atoms. The number of nitrogens with one attached hydrogen (secondary N) is 1. The van der Waals surface area contributed by atoms with Gasteiger partial charge in [-0.25, -0.2) is 4.98 Å². The van der Waals surface area contributed by atoms with Crippen LogP contribution in [0.3, 0.4) is 0 Å². The van der Waals surface area contributed by atoms with Gasteiger partial charge in [-0.15, -0.1) is 0 Å². The quantitative estimate of drug-likeness (QED) is 0.743. The first-order chi connectivity index (χ1) is 12.1. The third kappa shape index (κ3) is 3.45. The van der Waals surface area contributed by atoms with E-state index >= 15 is 0 Å². The van der Waals surface area contributed by atoms with Gasteiger partial charge in [0.2, 0.25) is 5.91 Å². The van der Waals surface area contributed by atoms with Gasteiger partial charge in [0.25, 0.3) is 0 Å². The maximum absolute atomic E-state index is 12.4. The molecule has 0 radical (unpaired) electrons. The van der Waals surface area contributed by atoms with Gasteiger partial charge in [0.1, 0.15) is 17.3 Å². The van der Waals surface area contributed by atoms with Gasteiger partial charge < -0.3 is 14.3 Å². The number of hydrogen-bond donors (Lipinski definition) is 1. The molecule has 3 aromatic rings. The third-order valence-electron chi connectivity index (χ3n) is 4.99. The number of benzene rings is 1. The van der Waals surface area contributed by atoms with Crippen LogP contribution in [-0.4, -0.2) is 27.8 Å². The second kappa shape index (κ2) is 6.39. The van der Waals surface area contributed by atoms with Crippen molar-refractivity contribution in [2.75, 3.05) is 7.05 Å². The zero-order valence-corrected chi connectivity index (χ0v) is 14.7. The van der Waals surface area contributed by atoms with Crippen molar-refractivity contribution in [3.63, 3.8) is 0 Å². The summed E-state index contributed by atoms with van der Waals surface area (Å²) in [7, 11) is 1.81. The van der Waals surface area contributed by atoms with E-state index < -0.39 is 0 Å². The number of aromatic amines is 1. The number of aryl methyl sites for hydroxylation is 1. The number of H-pyrrole nitrogens is 1. The smallest absolute Gasteiger partial charge is 0.223 e. The van der Waals surface area contributed by atoms with Gasteiger partial charge in [-0.05, 0) is 36.6 Å². The Bertz CT molecular complexity index is 862. The van der Waals surface area contributed by atoms with Crippen LogP contribution in [-0.2, 0) is 17.8 Å². The number of carbonyl (C=O) groups is 1. The van der Waals surface area contributed by atoms with Gasteiger partial charge in [-0.1, -0.05) is 19.1 Å². The van der Waals surface area contributed by atoms with Gasteiger partial charge >= 0.3 is 0 Å². The van der Waals surface area contributed by atoms with Crippen LogP contribution in [0, 0.1) is 5.92 Å². The lowest BCUT2D eigenvalue weighted by molar-refractivity contribution is -0.130. The van der Waals surface area contributed by atoms with Crippen LogP contribution in [0.1, 0.15) is 43.0 Å². The Kier molecular flexibility index (Phi) is 4.07. The number of aromatic nitrogens is 2. The molecule has 0 bridgehead atoms. The number of rotatable bonds is 6. The van der Waals surface area contributed by atoms with Crippen molar-refractivity contribution in [2.45, 2.75) is 38.6 Å². The van der Waals surface area contributed by atoms with Crippen molar-refractivity contribution < 1.29 is 9.21 Å². The van der Waals surface area contributed by atoms with E-state index in [1.807, 2.05) is 37.4 Å². The average molecular weight is 337 g/mol. The van der Waals surface area contributed by atoms with Crippen LogP contribution < -0.4 is 0 Å². The Morgan fingerprint density at radius 3 is 2.88 bits per heavy atom. The Morgan fingerprint density at radius 2 is 2.12 bits per heavy atom. The maximum Gasteiger partial charge on any atom is 0.223 e. The SMILES string of the molecule is C[C@H]1C[C@H]1c1ccc(CCC(=O)N(C)Cc2nc3ccccc3[nH]2)o1. The highest BCUT2D eigenvalue weighted by Gasteiger charge is 2.36. The first-order valence-corrected chi connectivity index (χ1v) is 8.86. The molecule has 1 N–H and O–H groups in total. The van der Waals surface area contributed by atoms with Crippen molar-refractivity contribution in [3.8, 4) is 0 Å². The van der Waals surface area contributed by atoms with Crippen LogP contribution in [0.2, 0.25) is 0 Å². The molecule has 4 rings (SSSR count). The predicted octanol–water partition coefficient (Wildman–Crippen LogP) is 3.87. The second-order valence-corrected chi connectivity index (χ2v) is 7.07. The largest absolute Gasteiger partial charge is 0.466 e. The summed E-state index contributed by atoms with van der Waals surface area (Å²) in [5.41, 5.74) is 1.92. The molecular formula is C20H23N3O2. The standard InChI is InChI=1S/C20H23N3O2/c1-13-11-15(13)18-9-7-14(25-18)8-10-20(24)23(2)12-19-21-16-5-3-4-6-17(16)22-19/h3-7,9,13,15H,8,10-12H2,1-2H3,(H,21,22)/t13-,15+/m0/s1. The number of amides is 1. The van der Waals surface area contributed by atoms with E-state index in [4.69, 9.17) is 4.42 Å². The Morgan fingerprint density at radius 1 is 1.32 bits per heavy atom. The van der Waals surface area contributed by atoms with Gasteiger partial charge in [0.05, 0.1) is 17.6 Å². The number of hydrogen-bond acceptors (Lipinski definition) is 3. The maximum atomic E-state index is 12.4. The number of fused-ring (bicyclic) bond motifs is 1. The van der Waals surface area contributed by atoms with Crippen molar-refractivity contribution in [3.05, 3.63) is 53.7 Å². The molecular weight excluding hydrogens is 314 g/mol. The molecule has 2 aromatic heterocycles. The first-order valence-electron chi connectivity index (χ1n) is 8.86. The topological polar surface area (TPSA) is 62.1 Å². The van der Waals surface area contributed by atoms with Crippen molar-refractivity contribution in [1.82, 2.24) is 14.9 Å². The first kappa shape index (κ1) is 15.9. The van der Waals surface area contributed by atoms with Gasteiger partial charge in [-0.3, -0.25) is 4.79 Å². The number of furan rings is 1. The normalized spacial score (nSPS) is 19.3.